The number of nitrogens with zero attached hydrogens (tertiary/aromatic N) is 3. The molecule has 0 amide bonds. The lowest BCUT2D eigenvalue weighted by Crippen LogP contribution is -1.96. The summed E-state index contributed by atoms with van der Waals surface area (Å²) in [6.07, 6.45) is 1.70. The van der Waals surface area contributed by atoms with Gasteiger partial charge in [-0.1, -0.05) is 0 Å². The van der Waals surface area contributed by atoms with Gasteiger partial charge in [0.2, 0.25) is 5.95 Å². The number of halogens is 1. The Morgan fingerprint density at radius 1 is 1.38 bits per heavy atom. The Morgan fingerprint density at radius 2 is 2.25 bits per heavy atom. The number of fused-ring (bicyclic) bond motifs is 1. The Bertz CT molecular complexity index is 659. The molecular weight excluding hydrogens is 290 g/mol. The van der Waals surface area contributed by atoms with Crippen molar-refractivity contribution in [1.82, 2.24) is 20.2 Å². The van der Waals surface area contributed by atoms with Crippen molar-refractivity contribution in [3.05, 3.63) is 22.1 Å². The van der Waals surface area contributed by atoms with Gasteiger partial charge in [0.05, 0.1) is 22.2 Å². The summed E-state index contributed by atoms with van der Waals surface area (Å²) >= 11 is 5.08. The van der Waals surface area contributed by atoms with Gasteiger partial charge in [0, 0.05) is 4.47 Å². The number of aromatic nitrogens is 4. The van der Waals surface area contributed by atoms with Gasteiger partial charge >= 0.3 is 0 Å². The number of hydrogen-bond acceptors (Lipinski definition) is 5. The zero-order chi connectivity index (χ0) is 11.1. The molecule has 0 atom stereocenters. The fourth-order valence-corrected chi connectivity index (χ4v) is 3.05. The average molecular weight is 296 g/mol. The van der Waals surface area contributed by atoms with Crippen LogP contribution < -0.4 is 5.73 Å². The normalized spacial score (nSPS) is 11.1. The summed E-state index contributed by atoms with van der Waals surface area (Å²) in [5.74, 6) is 0.243. The first-order valence-corrected chi connectivity index (χ1v) is 6.13. The van der Waals surface area contributed by atoms with Gasteiger partial charge in [-0.05, 0) is 27.4 Å². The first-order chi connectivity index (χ1) is 7.75. The van der Waals surface area contributed by atoms with E-state index in [9.17, 15) is 0 Å². The van der Waals surface area contributed by atoms with Gasteiger partial charge < -0.3 is 5.73 Å². The van der Waals surface area contributed by atoms with E-state index in [0.29, 0.717) is 5.65 Å². The molecule has 0 unspecified atom stereocenters. The van der Waals surface area contributed by atoms with Crippen molar-refractivity contribution in [3.63, 3.8) is 0 Å². The molecule has 0 saturated heterocycles. The van der Waals surface area contributed by atoms with Crippen LogP contribution in [0, 0.1) is 0 Å². The number of nitrogen functional groups attached to an aromatic ring is 1. The van der Waals surface area contributed by atoms with Crippen LogP contribution in [0.5, 0.6) is 0 Å². The summed E-state index contributed by atoms with van der Waals surface area (Å²) < 4.78 is 0.998. The molecule has 3 N–H and O–H groups in total. The maximum Gasteiger partial charge on any atom is 0.222 e. The molecule has 16 heavy (non-hydrogen) atoms. The van der Waals surface area contributed by atoms with Crippen LogP contribution in [0.3, 0.4) is 0 Å². The van der Waals surface area contributed by atoms with E-state index in [-0.39, 0.29) is 5.95 Å². The molecule has 0 aromatic carbocycles. The van der Waals surface area contributed by atoms with Crippen LogP contribution in [0.2, 0.25) is 0 Å². The first kappa shape index (κ1) is 9.73. The van der Waals surface area contributed by atoms with Crippen LogP contribution in [-0.2, 0) is 0 Å². The average Bonchev–Trinajstić information content (AvgIpc) is 2.84. The number of anilines is 1. The predicted molar refractivity (Wildman–Crippen MR) is 67.1 cm³/mol. The Morgan fingerprint density at radius 3 is 3.00 bits per heavy atom. The van der Waals surface area contributed by atoms with Crippen molar-refractivity contribution in [2.24, 2.45) is 0 Å². The number of rotatable bonds is 1. The Balaban J connectivity index is 2.38. The summed E-state index contributed by atoms with van der Waals surface area (Å²) in [4.78, 5) is 9.37. The number of aromatic amines is 1. The smallest absolute Gasteiger partial charge is 0.222 e. The molecule has 3 aromatic rings. The molecule has 3 aromatic heterocycles. The molecule has 0 radical (unpaired) electrons. The minimum atomic E-state index is 0.243. The molecule has 3 heterocycles. The number of hydrogen-bond donors (Lipinski definition) is 2. The number of thiophene rings is 1. The number of nitrogens with one attached hydrogen (secondary N) is 1. The Kier molecular flexibility index (Phi) is 2.15. The van der Waals surface area contributed by atoms with E-state index in [4.69, 9.17) is 5.73 Å². The number of H-pyrrole nitrogens is 1. The van der Waals surface area contributed by atoms with E-state index in [2.05, 4.69) is 36.1 Å². The largest absolute Gasteiger partial charge is 0.368 e. The SMILES string of the molecule is Nc1nc(-c2sccc2Br)c2cn[nH]c2n1. The molecule has 0 saturated carbocycles. The second kappa shape index (κ2) is 3.53. The standard InChI is InChI=1S/C9H6BrN5S/c10-5-1-2-16-7(5)6-4-3-12-15-8(4)14-9(11)13-6/h1-3H,(H3,11,12,13,14,15). The highest BCUT2D eigenvalue weighted by molar-refractivity contribution is 9.10. The first-order valence-electron chi connectivity index (χ1n) is 4.45. The van der Waals surface area contributed by atoms with Gasteiger partial charge in [0.15, 0.2) is 5.65 Å². The number of nitrogens with two attached hydrogens (primary N) is 1. The highest BCUT2D eigenvalue weighted by Crippen LogP contribution is 2.35. The van der Waals surface area contributed by atoms with Crippen LogP contribution in [0.1, 0.15) is 0 Å². The molecule has 0 fully saturated rings. The molecule has 80 valence electrons. The molecule has 3 rings (SSSR count). The molecule has 7 heteroatoms. The predicted octanol–water partition coefficient (Wildman–Crippen LogP) is 2.43. The topological polar surface area (TPSA) is 80.5 Å². The van der Waals surface area contributed by atoms with Crippen molar-refractivity contribution in [2.75, 3.05) is 5.73 Å². The molecule has 5 nitrogen and oxygen atoms in total. The van der Waals surface area contributed by atoms with Gasteiger partial charge in [-0.25, -0.2) is 4.98 Å². The van der Waals surface area contributed by atoms with Crippen LogP contribution in [0.25, 0.3) is 21.6 Å². The third-order valence-electron chi connectivity index (χ3n) is 2.16. The van der Waals surface area contributed by atoms with E-state index in [1.54, 1.807) is 17.5 Å². The minimum absolute atomic E-state index is 0.243. The van der Waals surface area contributed by atoms with E-state index in [1.165, 1.54) is 0 Å². The van der Waals surface area contributed by atoms with Gasteiger partial charge in [0.1, 0.15) is 0 Å². The van der Waals surface area contributed by atoms with Crippen LogP contribution in [-0.4, -0.2) is 20.2 Å². The highest BCUT2D eigenvalue weighted by Gasteiger charge is 2.13. The van der Waals surface area contributed by atoms with Crippen molar-refractivity contribution < 1.29 is 0 Å². The van der Waals surface area contributed by atoms with Crippen molar-refractivity contribution in [3.8, 4) is 10.6 Å². The Labute approximate surface area is 103 Å². The molecule has 0 aliphatic rings. The lowest BCUT2D eigenvalue weighted by molar-refractivity contribution is 1.09. The summed E-state index contributed by atoms with van der Waals surface area (Å²) in [5.41, 5.74) is 7.12. The highest BCUT2D eigenvalue weighted by atomic mass is 79.9. The third kappa shape index (κ3) is 1.40. The molecule has 0 spiro atoms. The van der Waals surface area contributed by atoms with Crippen molar-refractivity contribution in [2.45, 2.75) is 0 Å². The quantitative estimate of drug-likeness (QED) is 0.722. The van der Waals surface area contributed by atoms with Crippen LogP contribution in [0.4, 0.5) is 5.95 Å². The van der Waals surface area contributed by atoms with Gasteiger partial charge in [0.25, 0.3) is 0 Å². The summed E-state index contributed by atoms with van der Waals surface area (Å²) in [6, 6.07) is 1.98. The third-order valence-corrected chi connectivity index (χ3v) is 4.00. The van der Waals surface area contributed by atoms with Crippen molar-refractivity contribution >= 4 is 44.2 Å². The van der Waals surface area contributed by atoms with Crippen LogP contribution >= 0.6 is 27.3 Å². The summed E-state index contributed by atoms with van der Waals surface area (Å²) in [7, 11) is 0. The zero-order valence-electron chi connectivity index (χ0n) is 7.94. The van der Waals surface area contributed by atoms with Crippen molar-refractivity contribution in [1.29, 1.82) is 0 Å². The molecule has 0 aliphatic heterocycles. The summed E-state index contributed by atoms with van der Waals surface area (Å²) in [5, 5.41) is 9.60. The minimum Gasteiger partial charge on any atom is -0.368 e. The molecule has 0 bridgehead atoms. The molecular formula is C9H6BrN5S. The van der Waals surface area contributed by atoms with Crippen LogP contribution in [0.15, 0.2) is 22.1 Å². The summed E-state index contributed by atoms with van der Waals surface area (Å²) in [6.45, 7) is 0. The van der Waals surface area contributed by atoms with E-state index < -0.39 is 0 Å². The Hall–Kier alpha value is -1.47. The fourth-order valence-electron chi connectivity index (χ4n) is 1.49. The lowest BCUT2D eigenvalue weighted by Gasteiger charge is -2.01. The second-order valence-corrected chi connectivity index (χ2v) is 4.93. The zero-order valence-corrected chi connectivity index (χ0v) is 10.3. The van der Waals surface area contributed by atoms with Gasteiger partial charge in [-0.2, -0.15) is 10.1 Å². The van der Waals surface area contributed by atoms with Gasteiger partial charge in [-0.3, -0.25) is 5.10 Å². The molecule has 0 aliphatic carbocycles. The van der Waals surface area contributed by atoms with Gasteiger partial charge in [-0.15, -0.1) is 11.3 Å². The second-order valence-electron chi connectivity index (χ2n) is 3.16. The van der Waals surface area contributed by atoms with E-state index in [1.807, 2.05) is 11.4 Å². The maximum absolute atomic E-state index is 5.66. The van der Waals surface area contributed by atoms with E-state index >= 15 is 0 Å². The maximum atomic E-state index is 5.66. The fraction of sp³-hybridized carbons (Fsp3) is 0. The van der Waals surface area contributed by atoms with E-state index in [0.717, 1.165) is 20.4 Å². The monoisotopic (exact) mass is 295 g/mol. The lowest BCUT2D eigenvalue weighted by atomic mass is 10.2.